The Morgan fingerprint density at radius 3 is 2.33 bits per heavy atom. The van der Waals surface area contributed by atoms with E-state index in [1.807, 2.05) is 12.1 Å². The zero-order chi connectivity index (χ0) is 8.10. The van der Waals surface area contributed by atoms with E-state index in [1.54, 1.807) is 12.1 Å². The zero-order valence-corrected chi connectivity index (χ0v) is 7.10. The summed E-state index contributed by atoms with van der Waals surface area (Å²) in [5.74, 6) is 5.17. The molecule has 1 aromatic rings. The van der Waals surface area contributed by atoms with Crippen LogP contribution in [0.2, 0.25) is 0 Å². The Balaban J connectivity index is 0.00000121. The molecule has 0 unspecified atom stereocenters. The van der Waals surface area contributed by atoms with E-state index in [0.717, 1.165) is 0 Å². The van der Waals surface area contributed by atoms with Crippen molar-refractivity contribution in [3.8, 4) is 0 Å². The van der Waals surface area contributed by atoms with E-state index in [1.165, 1.54) is 0 Å². The maximum absolute atomic E-state index is 10.1. The summed E-state index contributed by atoms with van der Waals surface area (Å²) in [5.41, 5.74) is 3.82. The summed E-state index contributed by atoms with van der Waals surface area (Å²) in [7, 11) is 0. The van der Waals surface area contributed by atoms with Gasteiger partial charge in [-0.2, -0.15) is 0 Å². The van der Waals surface area contributed by atoms with E-state index in [9.17, 15) is 4.79 Å². The molecule has 0 aromatic heterocycles. The van der Waals surface area contributed by atoms with Crippen LogP contribution in [0.25, 0.3) is 0 Å². The third-order valence-electron chi connectivity index (χ3n) is 1.30. The van der Waals surface area contributed by atoms with E-state index in [2.05, 4.69) is 10.7 Å². The van der Waals surface area contributed by atoms with Crippen molar-refractivity contribution in [2.45, 2.75) is 0 Å². The fourth-order valence-electron chi connectivity index (χ4n) is 0.798. The molecule has 1 amide bonds. The molecule has 0 heterocycles. The number of halogens is 1. The molecule has 5 heteroatoms. The van der Waals surface area contributed by atoms with Crippen LogP contribution in [0.4, 0.5) is 11.4 Å². The molecule has 0 atom stereocenters. The van der Waals surface area contributed by atoms with Gasteiger partial charge in [-0.25, -0.2) is 0 Å². The number of nitrogens with two attached hydrogens (primary N) is 1. The van der Waals surface area contributed by atoms with Gasteiger partial charge in [0.1, 0.15) is 0 Å². The summed E-state index contributed by atoms with van der Waals surface area (Å²) < 4.78 is 0. The normalized spacial score (nSPS) is 8.08. The minimum Gasteiger partial charge on any atom is -0.327 e. The van der Waals surface area contributed by atoms with Crippen LogP contribution < -0.4 is 16.6 Å². The van der Waals surface area contributed by atoms with Gasteiger partial charge in [-0.15, -0.1) is 12.4 Å². The van der Waals surface area contributed by atoms with E-state index in [0.29, 0.717) is 17.8 Å². The monoisotopic (exact) mass is 187 g/mol. The van der Waals surface area contributed by atoms with Crippen LogP contribution in [-0.4, -0.2) is 6.41 Å². The molecule has 4 N–H and O–H groups in total. The first kappa shape index (κ1) is 10.7. The van der Waals surface area contributed by atoms with Crippen molar-refractivity contribution in [3.63, 3.8) is 0 Å². The highest BCUT2D eigenvalue weighted by molar-refractivity contribution is 5.85. The van der Waals surface area contributed by atoms with Crippen LogP contribution >= 0.6 is 12.4 Å². The topological polar surface area (TPSA) is 67.2 Å². The molecular weight excluding hydrogens is 178 g/mol. The van der Waals surface area contributed by atoms with Crippen LogP contribution in [-0.2, 0) is 4.79 Å². The lowest BCUT2D eigenvalue weighted by molar-refractivity contribution is -0.105. The summed E-state index contributed by atoms with van der Waals surface area (Å²) in [5, 5.41) is 2.50. The molecule has 0 spiro atoms. The third kappa shape index (κ3) is 2.41. The molecule has 0 aliphatic rings. The van der Waals surface area contributed by atoms with E-state index >= 15 is 0 Å². The molecule has 0 saturated heterocycles. The van der Waals surface area contributed by atoms with Crippen molar-refractivity contribution in [1.82, 2.24) is 0 Å². The van der Waals surface area contributed by atoms with Crippen LogP contribution in [0.15, 0.2) is 24.3 Å². The number of carbonyl (C=O) groups is 1. The van der Waals surface area contributed by atoms with Gasteiger partial charge >= 0.3 is 0 Å². The number of para-hydroxylation sites is 2. The number of nitrogens with one attached hydrogen (secondary N) is 2. The molecule has 1 rings (SSSR count). The van der Waals surface area contributed by atoms with Crippen molar-refractivity contribution < 1.29 is 4.79 Å². The van der Waals surface area contributed by atoms with Gasteiger partial charge in [0.25, 0.3) is 0 Å². The summed E-state index contributed by atoms with van der Waals surface area (Å²) in [6.07, 6.45) is 0.607. The number of hydrogen-bond donors (Lipinski definition) is 3. The van der Waals surface area contributed by atoms with Gasteiger partial charge in [-0.05, 0) is 12.1 Å². The number of hydrazine groups is 1. The van der Waals surface area contributed by atoms with Gasteiger partial charge in [-0.1, -0.05) is 12.1 Å². The summed E-state index contributed by atoms with van der Waals surface area (Å²) >= 11 is 0. The molecule has 0 fully saturated rings. The minimum absolute atomic E-state index is 0. The maximum atomic E-state index is 10.1. The molecule has 66 valence electrons. The van der Waals surface area contributed by atoms with Gasteiger partial charge in [0, 0.05) is 0 Å². The second kappa shape index (κ2) is 5.40. The molecule has 1 aromatic carbocycles. The lowest BCUT2D eigenvalue weighted by Gasteiger charge is -2.05. The first-order valence-corrected chi connectivity index (χ1v) is 3.14. The molecule has 4 nitrogen and oxygen atoms in total. The number of rotatable bonds is 3. The predicted molar refractivity (Wildman–Crippen MR) is 51.2 cm³/mol. The summed E-state index contributed by atoms with van der Waals surface area (Å²) in [6, 6.07) is 7.16. The second-order valence-corrected chi connectivity index (χ2v) is 1.95. The number of carbonyl (C=O) groups excluding carboxylic acids is 1. The van der Waals surface area contributed by atoms with Gasteiger partial charge in [0.05, 0.1) is 11.4 Å². The minimum atomic E-state index is 0. The van der Waals surface area contributed by atoms with Crippen molar-refractivity contribution >= 4 is 30.2 Å². The number of amides is 1. The zero-order valence-electron chi connectivity index (χ0n) is 6.28. The number of anilines is 2. The Morgan fingerprint density at radius 2 is 1.83 bits per heavy atom. The fourth-order valence-corrected chi connectivity index (χ4v) is 0.798. The van der Waals surface area contributed by atoms with Crippen LogP contribution in [0, 0.1) is 0 Å². The van der Waals surface area contributed by atoms with E-state index in [4.69, 9.17) is 5.84 Å². The average molecular weight is 188 g/mol. The standard InChI is InChI=1S/C7H9N3O.ClH/c8-10-7-4-2-1-3-6(7)9-5-11;/h1-5,10H,8H2,(H,9,11);1H. The Kier molecular flexibility index (Phi) is 4.83. The van der Waals surface area contributed by atoms with E-state index < -0.39 is 0 Å². The smallest absolute Gasteiger partial charge is 0.211 e. The van der Waals surface area contributed by atoms with Gasteiger partial charge in [-0.3, -0.25) is 10.6 Å². The van der Waals surface area contributed by atoms with Crippen LogP contribution in [0.5, 0.6) is 0 Å². The van der Waals surface area contributed by atoms with Crippen molar-refractivity contribution in [3.05, 3.63) is 24.3 Å². The van der Waals surface area contributed by atoms with Gasteiger partial charge in [0.15, 0.2) is 0 Å². The molecule has 0 radical (unpaired) electrons. The highest BCUT2D eigenvalue weighted by Crippen LogP contribution is 2.18. The molecule has 0 bridgehead atoms. The lowest BCUT2D eigenvalue weighted by atomic mass is 10.3. The highest BCUT2D eigenvalue weighted by atomic mass is 35.5. The molecule has 0 aliphatic heterocycles. The first-order valence-electron chi connectivity index (χ1n) is 3.14. The van der Waals surface area contributed by atoms with Crippen molar-refractivity contribution in [2.24, 2.45) is 5.84 Å². The quantitative estimate of drug-likeness (QED) is 0.375. The third-order valence-corrected chi connectivity index (χ3v) is 1.30. The molecule has 0 saturated carbocycles. The highest BCUT2D eigenvalue weighted by Gasteiger charge is 1.95. The number of hydrogen-bond acceptors (Lipinski definition) is 3. The molecular formula is C7H10ClN3O. The number of nitrogen functional groups attached to an aromatic ring is 1. The fraction of sp³-hybridized carbons (Fsp3) is 0. The Hall–Kier alpha value is -1.26. The largest absolute Gasteiger partial charge is 0.327 e. The van der Waals surface area contributed by atoms with Crippen LogP contribution in [0.1, 0.15) is 0 Å². The summed E-state index contributed by atoms with van der Waals surface area (Å²) in [4.78, 5) is 10.1. The Labute approximate surface area is 76.5 Å². The molecule has 12 heavy (non-hydrogen) atoms. The Morgan fingerprint density at radius 1 is 1.25 bits per heavy atom. The van der Waals surface area contributed by atoms with Crippen LogP contribution in [0.3, 0.4) is 0 Å². The molecule has 0 aliphatic carbocycles. The SMILES string of the molecule is Cl.NNc1ccccc1NC=O. The van der Waals surface area contributed by atoms with Crippen molar-refractivity contribution in [2.75, 3.05) is 10.7 Å². The van der Waals surface area contributed by atoms with Gasteiger partial charge < -0.3 is 10.7 Å². The lowest BCUT2D eigenvalue weighted by Crippen LogP contribution is -2.09. The Bertz CT molecular complexity index is 254. The second-order valence-electron chi connectivity index (χ2n) is 1.95. The summed E-state index contributed by atoms with van der Waals surface area (Å²) in [6.45, 7) is 0. The number of benzene rings is 1. The van der Waals surface area contributed by atoms with Gasteiger partial charge in [0.2, 0.25) is 6.41 Å². The maximum Gasteiger partial charge on any atom is 0.211 e. The van der Waals surface area contributed by atoms with E-state index in [-0.39, 0.29) is 12.4 Å². The predicted octanol–water partition coefficient (Wildman–Crippen LogP) is 0.962. The average Bonchev–Trinajstić information content (AvgIpc) is 2.06. The first-order chi connectivity index (χ1) is 5.38. The van der Waals surface area contributed by atoms with Crippen molar-refractivity contribution in [1.29, 1.82) is 0 Å².